The highest BCUT2D eigenvalue weighted by atomic mass is 16.5. The molecular weight excluding hydrogens is 230 g/mol. The number of ether oxygens (including phenoxy) is 1. The molecule has 0 aromatic carbocycles. The summed E-state index contributed by atoms with van der Waals surface area (Å²) in [6.45, 7) is 4.91. The number of aromatic nitrogens is 2. The third-order valence-electron chi connectivity index (χ3n) is 3.28. The van der Waals surface area contributed by atoms with Crippen LogP contribution in [-0.4, -0.2) is 41.4 Å². The molecule has 1 saturated heterocycles. The quantitative estimate of drug-likeness (QED) is 0.824. The largest absolute Gasteiger partial charge is 0.507 e. The Bertz CT molecular complexity index is 580. The van der Waals surface area contributed by atoms with Crippen LogP contribution in [0.5, 0.6) is 5.75 Å². The predicted molar refractivity (Wildman–Crippen MR) is 69.0 cm³/mol. The number of nitrogens with zero attached hydrogens (tertiary/aromatic N) is 3. The first-order chi connectivity index (χ1) is 8.77. The van der Waals surface area contributed by atoms with Crippen molar-refractivity contribution in [2.75, 3.05) is 31.2 Å². The van der Waals surface area contributed by atoms with Crippen LogP contribution < -0.4 is 4.90 Å². The molecule has 3 heterocycles. The summed E-state index contributed by atoms with van der Waals surface area (Å²) in [6, 6.07) is 1.79. The number of hydrogen-bond acceptors (Lipinski definition) is 5. The summed E-state index contributed by atoms with van der Waals surface area (Å²) in [7, 11) is 0. The number of hydrogen-bond donors (Lipinski definition) is 1. The Morgan fingerprint density at radius 2 is 2.11 bits per heavy atom. The van der Waals surface area contributed by atoms with Crippen molar-refractivity contribution in [2.24, 2.45) is 0 Å². The van der Waals surface area contributed by atoms with Crippen molar-refractivity contribution < 1.29 is 9.84 Å². The molecule has 1 aliphatic heterocycles. The van der Waals surface area contributed by atoms with Gasteiger partial charge < -0.3 is 14.7 Å². The highest BCUT2D eigenvalue weighted by Gasteiger charge is 2.18. The molecule has 0 saturated carbocycles. The van der Waals surface area contributed by atoms with Crippen LogP contribution >= 0.6 is 0 Å². The lowest BCUT2D eigenvalue weighted by Gasteiger charge is -2.29. The van der Waals surface area contributed by atoms with Crippen molar-refractivity contribution in [1.29, 1.82) is 0 Å². The summed E-state index contributed by atoms with van der Waals surface area (Å²) in [4.78, 5) is 10.8. The molecule has 5 nitrogen and oxygen atoms in total. The second-order valence-corrected chi connectivity index (χ2v) is 4.40. The van der Waals surface area contributed by atoms with Crippen molar-refractivity contribution in [1.82, 2.24) is 9.97 Å². The monoisotopic (exact) mass is 245 g/mol. The summed E-state index contributed by atoms with van der Waals surface area (Å²) in [5, 5.41) is 11.0. The van der Waals surface area contributed by atoms with E-state index < -0.39 is 0 Å². The maximum atomic E-state index is 10.2. The molecule has 1 aliphatic rings. The van der Waals surface area contributed by atoms with Gasteiger partial charge in [-0.3, -0.25) is 4.98 Å². The first-order valence-electron chi connectivity index (χ1n) is 6.03. The Hall–Kier alpha value is -1.88. The molecule has 0 unspecified atom stereocenters. The lowest BCUT2D eigenvalue weighted by Crippen LogP contribution is -2.37. The van der Waals surface area contributed by atoms with Crippen LogP contribution in [0.1, 0.15) is 5.56 Å². The van der Waals surface area contributed by atoms with Gasteiger partial charge in [-0.2, -0.15) is 0 Å². The number of pyridine rings is 2. The lowest BCUT2D eigenvalue weighted by atomic mass is 10.1. The van der Waals surface area contributed by atoms with Crippen LogP contribution in [0, 0.1) is 6.92 Å². The minimum absolute atomic E-state index is 0.295. The standard InChI is InChI=1S/C13H15N3O2/c1-9-12(17)10-2-3-14-8-11(10)15-13(9)16-4-6-18-7-5-16/h2-3,8H,4-7H2,1H3,(H,15,17). The van der Waals surface area contributed by atoms with Gasteiger partial charge in [0.1, 0.15) is 11.6 Å². The van der Waals surface area contributed by atoms with Gasteiger partial charge in [-0.05, 0) is 13.0 Å². The molecule has 0 radical (unpaired) electrons. The molecule has 2 aromatic heterocycles. The van der Waals surface area contributed by atoms with Crippen molar-refractivity contribution in [3.8, 4) is 5.75 Å². The van der Waals surface area contributed by atoms with Gasteiger partial charge in [0.05, 0.1) is 24.9 Å². The number of morpholine rings is 1. The van der Waals surface area contributed by atoms with E-state index in [9.17, 15) is 5.11 Å². The van der Waals surface area contributed by atoms with E-state index >= 15 is 0 Å². The summed E-state index contributed by atoms with van der Waals surface area (Å²) in [5.41, 5.74) is 1.54. The molecule has 0 spiro atoms. The Kier molecular flexibility index (Phi) is 2.76. The second kappa shape index (κ2) is 4.42. The van der Waals surface area contributed by atoms with E-state index in [1.54, 1.807) is 18.5 Å². The SMILES string of the molecule is Cc1c(N2CCOCC2)nc2cnccc2c1O. The third kappa shape index (κ3) is 1.76. The van der Waals surface area contributed by atoms with Crippen LogP contribution in [0.2, 0.25) is 0 Å². The lowest BCUT2D eigenvalue weighted by molar-refractivity contribution is 0.122. The molecule has 0 aliphatic carbocycles. The minimum atomic E-state index is 0.295. The molecular formula is C13H15N3O2. The van der Waals surface area contributed by atoms with Gasteiger partial charge in [-0.15, -0.1) is 0 Å². The Morgan fingerprint density at radius 3 is 2.89 bits per heavy atom. The maximum Gasteiger partial charge on any atom is 0.136 e. The van der Waals surface area contributed by atoms with E-state index in [2.05, 4.69) is 14.9 Å². The van der Waals surface area contributed by atoms with E-state index in [0.717, 1.165) is 35.4 Å². The van der Waals surface area contributed by atoms with E-state index in [1.807, 2.05) is 6.92 Å². The minimum Gasteiger partial charge on any atom is -0.507 e. The summed E-state index contributed by atoms with van der Waals surface area (Å²) >= 11 is 0. The Balaban J connectivity index is 2.14. The van der Waals surface area contributed by atoms with Crippen LogP contribution in [0.3, 0.4) is 0 Å². The molecule has 94 valence electrons. The van der Waals surface area contributed by atoms with Gasteiger partial charge in [0.25, 0.3) is 0 Å². The molecule has 18 heavy (non-hydrogen) atoms. The molecule has 3 rings (SSSR count). The maximum absolute atomic E-state index is 10.2. The summed E-state index contributed by atoms with van der Waals surface area (Å²) < 4.78 is 5.33. The van der Waals surface area contributed by atoms with E-state index in [1.165, 1.54) is 0 Å². The normalized spacial score (nSPS) is 16.2. The fourth-order valence-electron chi connectivity index (χ4n) is 2.26. The smallest absolute Gasteiger partial charge is 0.136 e. The number of aromatic hydroxyl groups is 1. The number of fused-ring (bicyclic) bond motifs is 1. The second-order valence-electron chi connectivity index (χ2n) is 4.40. The van der Waals surface area contributed by atoms with Gasteiger partial charge in [0, 0.05) is 30.2 Å². The molecule has 1 fully saturated rings. The average Bonchev–Trinajstić information content (AvgIpc) is 2.44. The van der Waals surface area contributed by atoms with Crippen LogP contribution in [0.4, 0.5) is 5.82 Å². The van der Waals surface area contributed by atoms with Gasteiger partial charge in [0.2, 0.25) is 0 Å². The topological polar surface area (TPSA) is 58.5 Å². The zero-order valence-electron chi connectivity index (χ0n) is 10.3. The molecule has 0 amide bonds. The average molecular weight is 245 g/mol. The fourth-order valence-corrected chi connectivity index (χ4v) is 2.26. The molecule has 0 bridgehead atoms. The van der Waals surface area contributed by atoms with E-state index in [-0.39, 0.29) is 0 Å². The van der Waals surface area contributed by atoms with Crippen molar-refractivity contribution in [2.45, 2.75) is 6.92 Å². The van der Waals surface area contributed by atoms with Crippen molar-refractivity contribution >= 4 is 16.7 Å². The first-order valence-corrected chi connectivity index (χ1v) is 6.03. The Labute approximate surface area is 105 Å². The van der Waals surface area contributed by atoms with Crippen molar-refractivity contribution in [3.05, 3.63) is 24.0 Å². The van der Waals surface area contributed by atoms with Gasteiger partial charge in [-0.1, -0.05) is 0 Å². The van der Waals surface area contributed by atoms with Crippen LogP contribution in [0.25, 0.3) is 10.9 Å². The summed E-state index contributed by atoms with van der Waals surface area (Å²) in [5.74, 6) is 1.13. The van der Waals surface area contributed by atoms with Gasteiger partial charge in [-0.25, -0.2) is 4.98 Å². The van der Waals surface area contributed by atoms with E-state index in [4.69, 9.17) is 4.74 Å². The highest BCUT2D eigenvalue weighted by Crippen LogP contribution is 2.33. The zero-order valence-corrected chi connectivity index (χ0v) is 10.3. The van der Waals surface area contributed by atoms with Crippen molar-refractivity contribution in [3.63, 3.8) is 0 Å². The molecule has 5 heteroatoms. The first kappa shape index (κ1) is 11.2. The fraction of sp³-hybridized carbons (Fsp3) is 0.385. The van der Waals surface area contributed by atoms with Crippen LogP contribution in [-0.2, 0) is 4.74 Å². The Morgan fingerprint density at radius 1 is 1.33 bits per heavy atom. The van der Waals surface area contributed by atoms with Gasteiger partial charge in [0.15, 0.2) is 0 Å². The highest BCUT2D eigenvalue weighted by molar-refractivity contribution is 5.87. The number of anilines is 1. The zero-order chi connectivity index (χ0) is 12.5. The molecule has 1 N–H and O–H groups in total. The van der Waals surface area contributed by atoms with E-state index in [0.29, 0.717) is 19.0 Å². The third-order valence-corrected chi connectivity index (χ3v) is 3.28. The van der Waals surface area contributed by atoms with Gasteiger partial charge >= 0.3 is 0 Å². The predicted octanol–water partition coefficient (Wildman–Crippen LogP) is 1.48. The summed E-state index contributed by atoms with van der Waals surface area (Å²) in [6.07, 6.45) is 3.34. The van der Waals surface area contributed by atoms with Crippen LogP contribution in [0.15, 0.2) is 18.5 Å². The molecule has 0 atom stereocenters. The number of rotatable bonds is 1. The molecule has 2 aromatic rings.